The van der Waals surface area contributed by atoms with Crippen LogP contribution in [-0.4, -0.2) is 54.0 Å². The maximum Gasteiger partial charge on any atom is 0.273 e. The highest BCUT2D eigenvalue weighted by molar-refractivity contribution is 7.13. The SMILES string of the molecule is COc1ccc(-c2nc(C(=O)N3CCN(Cc4ccc(C#N)cc4)CC3)cs2)cc1. The Morgan fingerprint density at radius 3 is 2.43 bits per heavy atom. The summed E-state index contributed by atoms with van der Waals surface area (Å²) in [6, 6.07) is 17.5. The van der Waals surface area contributed by atoms with E-state index in [9.17, 15) is 4.79 Å². The summed E-state index contributed by atoms with van der Waals surface area (Å²) in [5, 5.41) is 11.6. The molecule has 1 saturated heterocycles. The van der Waals surface area contributed by atoms with Gasteiger partial charge in [0.1, 0.15) is 16.5 Å². The number of hydrogen-bond donors (Lipinski definition) is 0. The van der Waals surface area contributed by atoms with Crippen LogP contribution in [0.3, 0.4) is 0 Å². The highest BCUT2D eigenvalue weighted by Gasteiger charge is 2.24. The molecular weight excluding hydrogens is 396 g/mol. The molecule has 0 aliphatic carbocycles. The standard InChI is InChI=1S/C23H22N4O2S/c1-29-20-8-6-19(7-9-20)22-25-21(16-30-22)23(28)27-12-10-26(11-13-27)15-18-4-2-17(14-24)3-5-18/h2-9,16H,10-13,15H2,1H3. The van der Waals surface area contributed by atoms with Crippen LogP contribution in [0, 0.1) is 11.3 Å². The molecule has 0 radical (unpaired) electrons. The second-order valence-corrected chi connectivity index (χ2v) is 8.00. The molecule has 0 atom stereocenters. The second kappa shape index (κ2) is 9.08. The fourth-order valence-corrected chi connectivity index (χ4v) is 4.25. The smallest absolute Gasteiger partial charge is 0.273 e. The molecular formula is C23H22N4O2S. The Bertz CT molecular complexity index is 1050. The lowest BCUT2D eigenvalue weighted by Gasteiger charge is -2.34. The van der Waals surface area contributed by atoms with Crippen molar-refractivity contribution in [3.05, 3.63) is 70.7 Å². The van der Waals surface area contributed by atoms with Crippen LogP contribution in [0.1, 0.15) is 21.6 Å². The summed E-state index contributed by atoms with van der Waals surface area (Å²) in [4.78, 5) is 21.6. The molecule has 1 fully saturated rings. The van der Waals surface area contributed by atoms with Gasteiger partial charge < -0.3 is 9.64 Å². The first-order valence-corrected chi connectivity index (χ1v) is 10.6. The van der Waals surface area contributed by atoms with Crippen LogP contribution in [0.4, 0.5) is 0 Å². The summed E-state index contributed by atoms with van der Waals surface area (Å²) < 4.78 is 5.19. The number of piperazine rings is 1. The fraction of sp³-hybridized carbons (Fsp3) is 0.261. The van der Waals surface area contributed by atoms with Crippen molar-refractivity contribution in [3.63, 3.8) is 0 Å². The molecule has 1 aliphatic heterocycles. The van der Waals surface area contributed by atoms with Crippen molar-refractivity contribution < 1.29 is 9.53 Å². The van der Waals surface area contributed by atoms with Gasteiger partial charge in [0, 0.05) is 43.7 Å². The van der Waals surface area contributed by atoms with Gasteiger partial charge in [0.2, 0.25) is 0 Å². The topological polar surface area (TPSA) is 69.5 Å². The van der Waals surface area contributed by atoms with Crippen LogP contribution in [0.15, 0.2) is 53.9 Å². The number of hydrogen-bond acceptors (Lipinski definition) is 6. The van der Waals surface area contributed by atoms with Gasteiger partial charge in [-0.2, -0.15) is 5.26 Å². The van der Waals surface area contributed by atoms with Crippen molar-refractivity contribution in [2.24, 2.45) is 0 Å². The van der Waals surface area contributed by atoms with Gasteiger partial charge in [-0.3, -0.25) is 9.69 Å². The summed E-state index contributed by atoms with van der Waals surface area (Å²) >= 11 is 1.48. The third kappa shape index (κ3) is 4.51. The van der Waals surface area contributed by atoms with E-state index >= 15 is 0 Å². The van der Waals surface area contributed by atoms with Gasteiger partial charge in [-0.1, -0.05) is 12.1 Å². The quantitative estimate of drug-likeness (QED) is 0.633. The number of benzene rings is 2. The van der Waals surface area contributed by atoms with Gasteiger partial charge in [-0.25, -0.2) is 4.98 Å². The summed E-state index contributed by atoms with van der Waals surface area (Å²) in [6.45, 7) is 3.84. The highest BCUT2D eigenvalue weighted by Crippen LogP contribution is 2.26. The zero-order chi connectivity index (χ0) is 20.9. The maximum absolute atomic E-state index is 12.9. The third-order valence-electron chi connectivity index (χ3n) is 5.21. The van der Waals surface area contributed by atoms with Crippen LogP contribution in [0.25, 0.3) is 10.6 Å². The third-order valence-corrected chi connectivity index (χ3v) is 6.10. The minimum Gasteiger partial charge on any atom is -0.497 e. The Hall–Kier alpha value is -3.21. The molecule has 4 rings (SSSR count). The first-order valence-electron chi connectivity index (χ1n) is 9.77. The molecule has 152 valence electrons. The number of ether oxygens (including phenoxy) is 1. The lowest BCUT2D eigenvalue weighted by Crippen LogP contribution is -2.48. The van der Waals surface area contributed by atoms with Crippen LogP contribution in [-0.2, 0) is 6.54 Å². The van der Waals surface area contributed by atoms with E-state index in [-0.39, 0.29) is 5.91 Å². The molecule has 0 N–H and O–H groups in total. The molecule has 30 heavy (non-hydrogen) atoms. The largest absolute Gasteiger partial charge is 0.497 e. The van der Waals surface area contributed by atoms with E-state index in [0.717, 1.165) is 36.0 Å². The average molecular weight is 419 g/mol. The first-order chi connectivity index (χ1) is 14.7. The number of amides is 1. The lowest BCUT2D eigenvalue weighted by molar-refractivity contribution is 0.0623. The van der Waals surface area contributed by atoms with E-state index in [0.29, 0.717) is 24.3 Å². The molecule has 0 bridgehead atoms. The number of rotatable bonds is 5. The number of nitriles is 1. The Morgan fingerprint density at radius 2 is 1.80 bits per heavy atom. The second-order valence-electron chi connectivity index (χ2n) is 7.14. The zero-order valence-electron chi connectivity index (χ0n) is 16.7. The molecule has 7 heteroatoms. The molecule has 0 spiro atoms. The van der Waals surface area contributed by atoms with Gasteiger partial charge in [-0.15, -0.1) is 11.3 Å². The van der Waals surface area contributed by atoms with Crippen molar-refractivity contribution in [3.8, 4) is 22.4 Å². The van der Waals surface area contributed by atoms with Crippen LogP contribution >= 0.6 is 11.3 Å². The number of carbonyl (C=O) groups is 1. The maximum atomic E-state index is 12.9. The Morgan fingerprint density at radius 1 is 1.10 bits per heavy atom. The lowest BCUT2D eigenvalue weighted by atomic mass is 10.1. The number of methoxy groups -OCH3 is 1. The predicted octanol–water partition coefficient (Wildman–Crippen LogP) is 3.65. The monoisotopic (exact) mass is 418 g/mol. The van der Waals surface area contributed by atoms with Gasteiger partial charge in [-0.05, 0) is 42.0 Å². The van der Waals surface area contributed by atoms with Crippen LogP contribution < -0.4 is 4.74 Å². The van der Waals surface area contributed by atoms with E-state index in [1.54, 1.807) is 7.11 Å². The van der Waals surface area contributed by atoms with Gasteiger partial charge >= 0.3 is 0 Å². The molecule has 1 aromatic heterocycles. The number of thiazole rings is 1. The summed E-state index contributed by atoms with van der Waals surface area (Å²) in [5.74, 6) is 0.787. The Labute approximate surface area is 180 Å². The van der Waals surface area contributed by atoms with E-state index < -0.39 is 0 Å². The van der Waals surface area contributed by atoms with Crippen molar-refractivity contribution in [2.75, 3.05) is 33.3 Å². The number of nitrogens with zero attached hydrogens (tertiary/aromatic N) is 4. The molecule has 0 saturated carbocycles. The van der Waals surface area contributed by atoms with Crippen LogP contribution in [0.5, 0.6) is 5.75 Å². The Balaban J connectivity index is 1.34. The van der Waals surface area contributed by atoms with Gasteiger partial charge in [0.25, 0.3) is 5.91 Å². The predicted molar refractivity (Wildman–Crippen MR) is 116 cm³/mol. The molecule has 2 heterocycles. The fourth-order valence-electron chi connectivity index (χ4n) is 3.45. The molecule has 1 aliphatic rings. The number of aromatic nitrogens is 1. The summed E-state index contributed by atoms with van der Waals surface area (Å²) in [6.07, 6.45) is 0. The van der Waals surface area contributed by atoms with E-state index in [1.165, 1.54) is 16.9 Å². The number of carbonyl (C=O) groups excluding carboxylic acids is 1. The molecule has 6 nitrogen and oxygen atoms in total. The van der Waals surface area contributed by atoms with Gasteiger partial charge in [0.05, 0.1) is 18.7 Å². The average Bonchev–Trinajstić information content (AvgIpc) is 3.30. The highest BCUT2D eigenvalue weighted by atomic mass is 32.1. The summed E-state index contributed by atoms with van der Waals surface area (Å²) in [5.41, 5.74) is 3.34. The normalized spacial score (nSPS) is 14.3. The van der Waals surface area contributed by atoms with E-state index in [4.69, 9.17) is 10.00 Å². The van der Waals surface area contributed by atoms with Crippen molar-refractivity contribution in [1.29, 1.82) is 5.26 Å². The molecule has 0 unspecified atom stereocenters. The summed E-state index contributed by atoms with van der Waals surface area (Å²) in [7, 11) is 1.64. The van der Waals surface area contributed by atoms with Crippen LogP contribution in [0.2, 0.25) is 0 Å². The van der Waals surface area contributed by atoms with E-state index in [1.807, 2.05) is 58.8 Å². The molecule has 3 aromatic rings. The minimum atomic E-state index is -0.0102. The van der Waals surface area contributed by atoms with Crippen molar-refractivity contribution in [2.45, 2.75) is 6.54 Å². The van der Waals surface area contributed by atoms with Gasteiger partial charge in [0.15, 0.2) is 0 Å². The first kappa shape index (κ1) is 20.1. The zero-order valence-corrected chi connectivity index (χ0v) is 17.6. The Kier molecular flexibility index (Phi) is 6.07. The van der Waals surface area contributed by atoms with Crippen molar-refractivity contribution in [1.82, 2.24) is 14.8 Å². The van der Waals surface area contributed by atoms with Crippen molar-refractivity contribution >= 4 is 17.2 Å². The molecule has 2 aromatic carbocycles. The van der Waals surface area contributed by atoms with E-state index in [2.05, 4.69) is 16.0 Å². The minimum absolute atomic E-state index is 0.0102. The molecule has 1 amide bonds.